The summed E-state index contributed by atoms with van der Waals surface area (Å²) in [5.74, 6) is 1.17. The zero-order valence-corrected chi connectivity index (χ0v) is 11.9. The number of aryl methyl sites for hydroxylation is 1. The van der Waals surface area contributed by atoms with E-state index >= 15 is 0 Å². The third-order valence-corrected chi connectivity index (χ3v) is 3.13. The second kappa shape index (κ2) is 6.28. The van der Waals surface area contributed by atoms with Crippen molar-refractivity contribution in [1.82, 2.24) is 0 Å². The van der Waals surface area contributed by atoms with Gasteiger partial charge < -0.3 is 14.8 Å². The Morgan fingerprint density at radius 3 is 2.60 bits per heavy atom. The third kappa shape index (κ3) is 3.02. The molecule has 0 fully saturated rings. The van der Waals surface area contributed by atoms with Gasteiger partial charge in [0.25, 0.3) is 0 Å². The molecule has 0 unspecified atom stereocenters. The Morgan fingerprint density at radius 2 is 1.95 bits per heavy atom. The van der Waals surface area contributed by atoms with Crippen LogP contribution in [-0.4, -0.2) is 14.2 Å². The zero-order chi connectivity index (χ0) is 14.5. The minimum absolute atomic E-state index is 0.261. The van der Waals surface area contributed by atoms with Gasteiger partial charge in [0, 0.05) is 12.7 Å². The van der Waals surface area contributed by atoms with Gasteiger partial charge in [-0.15, -0.1) is 0 Å². The van der Waals surface area contributed by atoms with Gasteiger partial charge in [0.2, 0.25) is 0 Å². The van der Waals surface area contributed by atoms with E-state index in [1.165, 1.54) is 12.1 Å². The van der Waals surface area contributed by atoms with Crippen LogP contribution >= 0.6 is 0 Å². The topological polar surface area (TPSA) is 30.5 Å². The molecule has 0 spiro atoms. The third-order valence-electron chi connectivity index (χ3n) is 3.13. The summed E-state index contributed by atoms with van der Waals surface area (Å²) in [5, 5.41) is 3.11. The van der Waals surface area contributed by atoms with Gasteiger partial charge in [-0.3, -0.25) is 0 Å². The molecule has 0 aliphatic heterocycles. The number of ether oxygens (including phenoxy) is 2. The van der Waals surface area contributed by atoms with E-state index < -0.39 is 0 Å². The van der Waals surface area contributed by atoms with E-state index in [9.17, 15) is 4.39 Å². The zero-order valence-electron chi connectivity index (χ0n) is 11.9. The number of methoxy groups -OCH3 is 1. The highest BCUT2D eigenvalue weighted by Crippen LogP contribution is 2.28. The van der Waals surface area contributed by atoms with Crippen molar-refractivity contribution < 1.29 is 13.9 Å². The van der Waals surface area contributed by atoms with Crippen LogP contribution in [0.4, 0.5) is 10.1 Å². The monoisotopic (exact) mass is 275 g/mol. The second-order valence-corrected chi connectivity index (χ2v) is 4.43. The minimum Gasteiger partial charge on any atom is -0.496 e. The van der Waals surface area contributed by atoms with Crippen molar-refractivity contribution in [3.8, 4) is 11.5 Å². The molecule has 106 valence electrons. The average molecular weight is 275 g/mol. The highest BCUT2D eigenvalue weighted by Gasteiger charge is 2.10. The number of hydrogen-bond acceptors (Lipinski definition) is 3. The van der Waals surface area contributed by atoms with Crippen molar-refractivity contribution in [2.75, 3.05) is 19.5 Å². The second-order valence-electron chi connectivity index (χ2n) is 4.43. The van der Waals surface area contributed by atoms with Crippen molar-refractivity contribution in [2.24, 2.45) is 0 Å². The fourth-order valence-corrected chi connectivity index (χ4v) is 2.06. The fourth-order valence-electron chi connectivity index (χ4n) is 2.06. The lowest BCUT2D eigenvalue weighted by atomic mass is 10.1. The molecule has 3 nitrogen and oxygen atoms in total. The highest BCUT2D eigenvalue weighted by molar-refractivity contribution is 5.57. The summed E-state index contributed by atoms with van der Waals surface area (Å²) in [4.78, 5) is 0. The molecule has 20 heavy (non-hydrogen) atoms. The molecule has 0 saturated heterocycles. The van der Waals surface area contributed by atoms with E-state index in [4.69, 9.17) is 9.47 Å². The number of nitrogens with one attached hydrogen (secondary N) is 1. The van der Waals surface area contributed by atoms with Crippen molar-refractivity contribution in [1.29, 1.82) is 0 Å². The molecule has 0 aliphatic rings. The van der Waals surface area contributed by atoms with Gasteiger partial charge in [-0.25, -0.2) is 4.39 Å². The normalized spacial score (nSPS) is 10.2. The van der Waals surface area contributed by atoms with Gasteiger partial charge in [-0.1, -0.05) is 6.07 Å². The van der Waals surface area contributed by atoms with Crippen LogP contribution in [0.2, 0.25) is 0 Å². The molecule has 2 rings (SSSR count). The van der Waals surface area contributed by atoms with Gasteiger partial charge in [0.05, 0.1) is 12.7 Å². The van der Waals surface area contributed by atoms with Gasteiger partial charge in [-0.2, -0.15) is 0 Å². The standard InChI is InChI=1S/C16H18FNO2/c1-11-9-12(17)7-8-15(11)20-10-13-14(18-2)5-4-6-16(13)19-3/h4-9,18H,10H2,1-3H3. The lowest BCUT2D eigenvalue weighted by Crippen LogP contribution is -2.04. The summed E-state index contributed by atoms with van der Waals surface area (Å²) in [6, 6.07) is 10.2. The minimum atomic E-state index is -0.261. The van der Waals surface area contributed by atoms with Gasteiger partial charge in [0.1, 0.15) is 23.9 Å². The van der Waals surface area contributed by atoms with Gasteiger partial charge >= 0.3 is 0 Å². The first kappa shape index (κ1) is 14.2. The molecular formula is C16H18FNO2. The summed E-state index contributed by atoms with van der Waals surface area (Å²) < 4.78 is 24.2. The van der Waals surface area contributed by atoms with Crippen molar-refractivity contribution in [3.05, 3.63) is 53.3 Å². The number of rotatable bonds is 5. The van der Waals surface area contributed by atoms with E-state index in [-0.39, 0.29) is 5.82 Å². The van der Waals surface area contributed by atoms with Crippen molar-refractivity contribution in [2.45, 2.75) is 13.5 Å². The predicted octanol–water partition coefficient (Wildman–Crippen LogP) is 3.76. The van der Waals surface area contributed by atoms with Crippen molar-refractivity contribution >= 4 is 5.69 Å². The highest BCUT2D eigenvalue weighted by atomic mass is 19.1. The Balaban J connectivity index is 2.22. The number of halogens is 1. The van der Waals surface area contributed by atoms with Crippen LogP contribution in [0.25, 0.3) is 0 Å². The fraction of sp³-hybridized carbons (Fsp3) is 0.250. The van der Waals surface area contributed by atoms with E-state index in [0.717, 1.165) is 22.6 Å². The van der Waals surface area contributed by atoms with E-state index in [1.807, 2.05) is 32.2 Å². The molecule has 0 aliphatic carbocycles. The van der Waals surface area contributed by atoms with Crippen LogP contribution in [0.3, 0.4) is 0 Å². The lowest BCUT2D eigenvalue weighted by Gasteiger charge is -2.15. The van der Waals surface area contributed by atoms with Crippen LogP contribution in [0.1, 0.15) is 11.1 Å². The first-order valence-corrected chi connectivity index (χ1v) is 6.38. The van der Waals surface area contributed by atoms with Crippen LogP contribution in [-0.2, 0) is 6.61 Å². The molecule has 0 heterocycles. The van der Waals surface area contributed by atoms with Crippen molar-refractivity contribution in [3.63, 3.8) is 0 Å². The lowest BCUT2D eigenvalue weighted by molar-refractivity contribution is 0.295. The summed E-state index contributed by atoms with van der Waals surface area (Å²) in [6.45, 7) is 2.17. The van der Waals surface area contributed by atoms with E-state index in [0.29, 0.717) is 12.4 Å². The molecule has 0 bridgehead atoms. The Kier molecular flexibility index (Phi) is 4.45. The van der Waals surface area contributed by atoms with E-state index in [1.54, 1.807) is 13.2 Å². The summed E-state index contributed by atoms with van der Waals surface area (Å²) in [7, 11) is 3.48. The van der Waals surface area contributed by atoms with Crippen LogP contribution in [0, 0.1) is 12.7 Å². The maximum Gasteiger partial charge on any atom is 0.127 e. The van der Waals surface area contributed by atoms with Gasteiger partial charge in [0.15, 0.2) is 0 Å². The largest absolute Gasteiger partial charge is 0.496 e. The molecule has 0 saturated carbocycles. The van der Waals surface area contributed by atoms with Gasteiger partial charge in [-0.05, 0) is 42.8 Å². The molecule has 1 N–H and O–H groups in total. The van der Waals surface area contributed by atoms with Crippen LogP contribution in [0.5, 0.6) is 11.5 Å². The molecule has 2 aromatic carbocycles. The summed E-state index contributed by atoms with van der Waals surface area (Å²) >= 11 is 0. The molecular weight excluding hydrogens is 257 g/mol. The van der Waals surface area contributed by atoms with E-state index in [2.05, 4.69) is 5.32 Å². The molecule has 0 aromatic heterocycles. The number of anilines is 1. The maximum absolute atomic E-state index is 13.1. The van der Waals surface area contributed by atoms with Crippen LogP contribution in [0.15, 0.2) is 36.4 Å². The Labute approximate surface area is 118 Å². The smallest absolute Gasteiger partial charge is 0.127 e. The maximum atomic E-state index is 13.1. The molecule has 4 heteroatoms. The Hall–Kier alpha value is -2.23. The number of hydrogen-bond donors (Lipinski definition) is 1. The summed E-state index contributed by atoms with van der Waals surface area (Å²) in [6.07, 6.45) is 0. The summed E-state index contributed by atoms with van der Waals surface area (Å²) in [5.41, 5.74) is 2.65. The Morgan fingerprint density at radius 1 is 1.15 bits per heavy atom. The SMILES string of the molecule is CNc1cccc(OC)c1COc1ccc(F)cc1C. The van der Waals surface area contributed by atoms with Crippen LogP contribution < -0.4 is 14.8 Å². The quantitative estimate of drug-likeness (QED) is 0.901. The average Bonchev–Trinajstić information content (AvgIpc) is 2.46. The number of benzene rings is 2. The molecule has 0 radical (unpaired) electrons. The Bertz CT molecular complexity index is 577. The first-order valence-electron chi connectivity index (χ1n) is 6.38. The molecule has 0 amide bonds. The predicted molar refractivity (Wildman–Crippen MR) is 78.0 cm³/mol. The first-order chi connectivity index (χ1) is 9.65. The molecule has 0 atom stereocenters. The molecule has 2 aromatic rings.